The average Bonchev–Trinajstić information content (AvgIpc) is 2.74. The van der Waals surface area contributed by atoms with E-state index < -0.39 is 0 Å². The first-order chi connectivity index (χ1) is 6.31. The van der Waals surface area contributed by atoms with Gasteiger partial charge in [-0.1, -0.05) is 23.9 Å². The van der Waals surface area contributed by atoms with Crippen LogP contribution in [0.15, 0.2) is 12.2 Å². The summed E-state index contributed by atoms with van der Waals surface area (Å²) >= 11 is 1.34. The highest BCUT2D eigenvalue weighted by Crippen LogP contribution is 2.36. The van der Waals surface area contributed by atoms with Crippen LogP contribution in [0.25, 0.3) is 0 Å². The number of ether oxygens (including phenoxy) is 1. The number of hydrogen-bond acceptors (Lipinski definition) is 4. The second-order valence-electron chi connectivity index (χ2n) is 3.32. The van der Waals surface area contributed by atoms with Crippen LogP contribution in [0.3, 0.4) is 0 Å². The predicted molar refractivity (Wildman–Crippen MR) is 52.4 cm³/mol. The summed E-state index contributed by atoms with van der Waals surface area (Å²) in [7, 11) is 0. The van der Waals surface area contributed by atoms with Gasteiger partial charge < -0.3 is 10.5 Å². The zero-order chi connectivity index (χ0) is 9.26. The Kier molecular flexibility index (Phi) is 2.71. The molecule has 4 heteroatoms. The van der Waals surface area contributed by atoms with Crippen LogP contribution in [0.1, 0.15) is 6.42 Å². The number of carbonyl (C=O) groups is 1. The average molecular weight is 199 g/mol. The molecule has 0 aromatic rings. The summed E-state index contributed by atoms with van der Waals surface area (Å²) in [6.07, 6.45) is 5.14. The van der Waals surface area contributed by atoms with Gasteiger partial charge in [-0.3, -0.25) is 4.79 Å². The molecule has 13 heavy (non-hydrogen) atoms. The van der Waals surface area contributed by atoms with Gasteiger partial charge in [-0.2, -0.15) is 0 Å². The summed E-state index contributed by atoms with van der Waals surface area (Å²) in [6.45, 7) is 0.563. The monoisotopic (exact) mass is 199 g/mol. The maximum Gasteiger partial charge on any atom is 0.195 e. The number of fused-ring (bicyclic) bond motifs is 2. The smallest absolute Gasteiger partial charge is 0.195 e. The third kappa shape index (κ3) is 1.80. The summed E-state index contributed by atoms with van der Waals surface area (Å²) in [5.41, 5.74) is 5.33. The molecular weight excluding hydrogens is 186 g/mol. The predicted octanol–water partition coefficient (Wildman–Crippen LogP) is 0.548. The Morgan fingerprint density at radius 1 is 1.62 bits per heavy atom. The normalized spacial score (nSPS) is 35.6. The first kappa shape index (κ1) is 9.24. The molecule has 1 fully saturated rings. The Morgan fingerprint density at radius 2 is 2.46 bits per heavy atom. The summed E-state index contributed by atoms with van der Waals surface area (Å²) in [5, 5.41) is 0.238. The first-order valence-electron chi connectivity index (χ1n) is 4.52. The molecule has 2 heterocycles. The van der Waals surface area contributed by atoms with E-state index >= 15 is 0 Å². The van der Waals surface area contributed by atoms with Crippen molar-refractivity contribution in [2.45, 2.75) is 18.6 Å². The first-order valence-corrected chi connectivity index (χ1v) is 5.50. The molecule has 2 aliphatic rings. The Balaban J connectivity index is 1.88. The van der Waals surface area contributed by atoms with Crippen molar-refractivity contribution in [2.75, 3.05) is 12.3 Å². The van der Waals surface area contributed by atoms with Gasteiger partial charge in [0.25, 0.3) is 0 Å². The van der Waals surface area contributed by atoms with Gasteiger partial charge in [-0.15, -0.1) is 0 Å². The number of nitrogens with two attached hydrogens (primary N) is 1. The Hall–Kier alpha value is -0.320. The van der Waals surface area contributed by atoms with E-state index in [0.717, 1.165) is 12.2 Å². The molecule has 2 rings (SSSR count). The lowest BCUT2D eigenvalue weighted by Crippen LogP contribution is -2.21. The van der Waals surface area contributed by atoms with Crippen LogP contribution < -0.4 is 5.73 Å². The lowest BCUT2D eigenvalue weighted by Gasteiger charge is -2.12. The third-order valence-electron chi connectivity index (χ3n) is 2.40. The van der Waals surface area contributed by atoms with E-state index in [0.29, 0.717) is 6.54 Å². The fraction of sp³-hybridized carbons (Fsp3) is 0.667. The van der Waals surface area contributed by atoms with Gasteiger partial charge in [0, 0.05) is 12.3 Å². The van der Waals surface area contributed by atoms with E-state index in [2.05, 4.69) is 0 Å². The summed E-state index contributed by atoms with van der Waals surface area (Å²) < 4.78 is 5.51. The molecule has 0 saturated carbocycles. The van der Waals surface area contributed by atoms with Crippen molar-refractivity contribution in [3.63, 3.8) is 0 Å². The van der Waals surface area contributed by atoms with E-state index in [9.17, 15) is 4.79 Å². The fourth-order valence-corrected chi connectivity index (χ4v) is 2.53. The largest absolute Gasteiger partial charge is 0.366 e. The molecule has 0 aromatic heterocycles. The highest BCUT2D eigenvalue weighted by Gasteiger charge is 2.40. The molecule has 0 amide bonds. The number of rotatable bonds is 3. The van der Waals surface area contributed by atoms with E-state index in [-0.39, 0.29) is 23.2 Å². The highest BCUT2D eigenvalue weighted by atomic mass is 32.2. The van der Waals surface area contributed by atoms with Crippen LogP contribution >= 0.6 is 11.8 Å². The maximum absolute atomic E-state index is 11.6. The molecule has 0 radical (unpaired) electrons. The topological polar surface area (TPSA) is 52.3 Å². The Labute approximate surface area is 81.7 Å². The van der Waals surface area contributed by atoms with Crippen LogP contribution in [0.4, 0.5) is 0 Å². The summed E-state index contributed by atoms with van der Waals surface area (Å²) in [5.74, 6) is 0.794. The third-order valence-corrected chi connectivity index (χ3v) is 3.42. The van der Waals surface area contributed by atoms with Crippen molar-refractivity contribution in [3.8, 4) is 0 Å². The van der Waals surface area contributed by atoms with Gasteiger partial charge >= 0.3 is 0 Å². The Bertz CT molecular complexity index is 242. The highest BCUT2D eigenvalue weighted by molar-refractivity contribution is 8.13. The molecule has 3 nitrogen and oxygen atoms in total. The lowest BCUT2D eigenvalue weighted by molar-refractivity contribution is -0.115. The molecule has 0 aromatic carbocycles. The van der Waals surface area contributed by atoms with Crippen LogP contribution in [-0.4, -0.2) is 29.6 Å². The van der Waals surface area contributed by atoms with E-state index in [1.54, 1.807) is 0 Å². The van der Waals surface area contributed by atoms with E-state index in [1.165, 1.54) is 11.8 Å². The van der Waals surface area contributed by atoms with Crippen molar-refractivity contribution < 1.29 is 9.53 Å². The number of hydrogen-bond donors (Lipinski definition) is 1. The van der Waals surface area contributed by atoms with Crippen LogP contribution in [0.5, 0.6) is 0 Å². The molecule has 2 bridgehead atoms. The minimum absolute atomic E-state index is 0.0442. The quantitative estimate of drug-likeness (QED) is 0.674. The second-order valence-corrected chi connectivity index (χ2v) is 4.42. The molecule has 0 spiro atoms. The second kappa shape index (κ2) is 3.82. The molecule has 72 valence electrons. The summed E-state index contributed by atoms with van der Waals surface area (Å²) in [6, 6.07) is 0. The molecule has 3 unspecified atom stereocenters. The van der Waals surface area contributed by atoms with Gasteiger partial charge in [0.05, 0.1) is 18.1 Å². The number of carbonyl (C=O) groups excluding carboxylic acids is 1. The summed E-state index contributed by atoms with van der Waals surface area (Å²) in [4.78, 5) is 11.6. The van der Waals surface area contributed by atoms with Crippen molar-refractivity contribution in [3.05, 3.63) is 12.2 Å². The van der Waals surface area contributed by atoms with Crippen molar-refractivity contribution in [1.82, 2.24) is 0 Å². The molecule has 1 saturated heterocycles. The minimum Gasteiger partial charge on any atom is -0.366 e. The zero-order valence-corrected chi connectivity index (χ0v) is 8.13. The van der Waals surface area contributed by atoms with Crippen molar-refractivity contribution in [2.24, 2.45) is 11.7 Å². The van der Waals surface area contributed by atoms with Crippen LogP contribution in [-0.2, 0) is 9.53 Å². The van der Waals surface area contributed by atoms with Gasteiger partial charge in [-0.25, -0.2) is 0 Å². The molecular formula is C9H13NO2S. The lowest BCUT2D eigenvalue weighted by atomic mass is 9.96. The standard InChI is InChI=1S/C9H13NO2S/c10-3-4-13-9(11)7-5-6-1-2-8(7)12-6/h1-2,6-8H,3-5,10H2. The SMILES string of the molecule is NCCSC(=O)C1CC2C=CC1O2. The van der Waals surface area contributed by atoms with Crippen LogP contribution in [0, 0.1) is 5.92 Å². The fourth-order valence-electron chi connectivity index (χ4n) is 1.77. The Morgan fingerprint density at radius 3 is 3.00 bits per heavy atom. The molecule has 3 atom stereocenters. The van der Waals surface area contributed by atoms with Gasteiger partial charge in [0.1, 0.15) is 0 Å². The van der Waals surface area contributed by atoms with Crippen LogP contribution in [0.2, 0.25) is 0 Å². The van der Waals surface area contributed by atoms with Gasteiger partial charge in [-0.05, 0) is 6.42 Å². The molecule has 2 aliphatic heterocycles. The van der Waals surface area contributed by atoms with Gasteiger partial charge in [0.15, 0.2) is 5.12 Å². The maximum atomic E-state index is 11.6. The van der Waals surface area contributed by atoms with Gasteiger partial charge in [0.2, 0.25) is 0 Å². The number of thioether (sulfide) groups is 1. The van der Waals surface area contributed by atoms with Crippen molar-refractivity contribution >= 4 is 16.9 Å². The molecule has 0 aliphatic carbocycles. The minimum atomic E-state index is 0.0442. The van der Waals surface area contributed by atoms with Crippen molar-refractivity contribution in [1.29, 1.82) is 0 Å². The van der Waals surface area contributed by atoms with E-state index in [4.69, 9.17) is 10.5 Å². The molecule has 2 N–H and O–H groups in total. The van der Waals surface area contributed by atoms with E-state index in [1.807, 2.05) is 12.2 Å². The zero-order valence-electron chi connectivity index (χ0n) is 7.31.